The molecule has 0 spiro atoms. The number of hydrogen-bond acceptors (Lipinski definition) is 7. The average molecular weight is 554 g/mol. The molecule has 1 saturated heterocycles. The van der Waals surface area contributed by atoms with Crippen LogP contribution < -0.4 is 10.2 Å². The lowest BCUT2D eigenvalue weighted by atomic mass is 10.2. The van der Waals surface area contributed by atoms with Gasteiger partial charge in [0.05, 0.1) is 18.0 Å². The molecule has 1 aliphatic heterocycles. The zero-order chi connectivity index (χ0) is 22.2. The summed E-state index contributed by atoms with van der Waals surface area (Å²) in [5.74, 6) is 1.27. The second-order valence-corrected chi connectivity index (χ2v) is 7.23. The summed E-state index contributed by atoms with van der Waals surface area (Å²) in [6, 6.07) is 8.09. The predicted octanol–water partition coefficient (Wildman–Crippen LogP) is 1.36. The minimum absolute atomic E-state index is 0. The predicted molar refractivity (Wildman–Crippen MR) is 132 cm³/mol. The van der Waals surface area contributed by atoms with Crippen LogP contribution in [0.4, 0.5) is 11.6 Å². The number of amides is 1. The number of nitro groups is 1. The SMILES string of the molecule is CN(C)C(=O)CNC(=NCc1ccc([N+](=O)[O-])cc1)N1CCN(c2ncccn2)CC1.I. The number of guanidine groups is 1. The number of nitrogens with one attached hydrogen (secondary N) is 1. The Bertz CT molecular complexity index is 916. The number of rotatable bonds is 6. The summed E-state index contributed by atoms with van der Waals surface area (Å²) in [6.07, 6.45) is 3.44. The van der Waals surface area contributed by atoms with Gasteiger partial charge in [0.25, 0.3) is 5.69 Å². The van der Waals surface area contributed by atoms with Crippen molar-refractivity contribution in [1.82, 2.24) is 25.1 Å². The molecule has 0 radical (unpaired) electrons. The third kappa shape index (κ3) is 7.00. The number of aliphatic imine (C=N–C) groups is 1. The summed E-state index contributed by atoms with van der Waals surface area (Å²) in [5.41, 5.74) is 0.891. The third-order valence-corrected chi connectivity index (χ3v) is 4.87. The van der Waals surface area contributed by atoms with E-state index in [4.69, 9.17) is 0 Å². The largest absolute Gasteiger partial charge is 0.347 e. The first-order chi connectivity index (χ1) is 14.9. The maximum absolute atomic E-state index is 12.0. The van der Waals surface area contributed by atoms with E-state index >= 15 is 0 Å². The van der Waals surface area contributed by atoms with Crippen LogP contribution in [0.5, 0.6) is 0 Å². The number of carbonyl (C=O) groups excluding carboxylic acids is 1. The highest BCUT2D eigenvalue weighted by Gasteiger charge is 2.22. The molecule has 172 valence electrons. The Labute approximate surface area is 203 Å². The highest BCUT2D eigenvalue weighted by molar-refractivity contribution is 14.0. The van der Waals surface area contributed by atoms with E-state index in [9.17, 15) is 14.9 Å². The van der Waals surface area contributed by atoms with E-state index in [-0.39, 0.29) is 42.1 Å². The van der Waals surface area contributed by atoms with Gasteiger partial charge < -0.3 is 20.0 Å². The molecule has 0 unspecified atom stereocenters. The number of non-ortho nitro benzene ring substituents is 1. The summed E-state index contributed by atoms with van der Waals surface area (Å²) in [6.45, 7) is 3.32. The highest BCUT2D eigenvalue weighted by atomic mass is 127. The van der Waals surface area contributed by atoms with Crippen LogP contribution in [0.15, 0.2) is 47.7 Å². The average Bonchev–Trinajstić information content (AvgIpc) is 2.80. The second kappa shape index (κ2) is 12.1. The molecule has 2 aromatic rings. The van der Waals surface area contributed by atoms with E-state index in [1.54, 1.807) is 44.7 Å². The Balaban J connectivity index is 0.00000363. The molecular formula is C20H27IN8O3. The van der Waals surface area contributed by atoms with Gasteiger partial charge in [0.1, 0.15) is 0 Å². The van der Waals surface area contributed by atoms with Crippen LogP contribution >= 0.6 is 24.0 Å². The summed E-state index contributed by atoms with van der Waals surface area (Å²) < 4.78 is 0. The van der Waals surface area contributed by atoms with Gasteiger partial charge in [-0.15, -0.1) is 24.0 Å². The first-order valence-electron chi connectivity index (χ1n) is 9.93. The van der Waals surface area contributed by atoms with Crippen LogP contribution in [0.3, 0.4) is 0 Å². The van der Waals surface area contributed by atoms with E-state index in [1.165, 1.54) is 17.0 Å². The molecule has 0 aliphatic carbocycles. The number of nitrogens with zero attached hydrogens (tertiary/aromatic N) is 7. The summed E-state index contributed by atoms with van der Waals surface area (Å²) >= 11 is 0. The first kappa shape index (κ1) is 25.2. The summed E-state index contributed by atoms with van der Waals surface area (Å²) in [7, 11) is 3.41. The number of piperazine rings is 1. The van der Waals surface area contributed by atoms with Crippen molar-refractivity contribution in [2.45, 2.75) is 6.54 Å². The van der Waals surface area contributed by atoms with Gasteiger partial charge in [-0.3, -0.25) is 14.9 Å². The molecule has 1 aliphatic rings. The van der Waals surface area contributed by atoms with Gasteiger partial charge in [0.15, 0.2) is 5.96 Å². The Morgan fingerprint density at radius 1 is 1.16 bits per heavy atom. The Kier molecular flexibility index (Phi) is 9.56. The van der Waals surface area contributed by atoms with Crippen molar-refractivity contribution in [2.75, 3.05) is 51.7 Å². The van der Waals surface area contributed by atoms with Gasteiger partial charge in [-0.1, -0.05) is 12.1 Å². The molecule has 0 saturated carbocycles. The van der Waals surface area contributed by atoms with Crippen LogP contribution in [0.2, 0.25) is 0 Å². The molecule has 12 heteroatoms. The van der Waals surface area contributed by atoms with Gasteiger partial charge in [0.2, 0.25) is 11.9 Å². The van der Waals surface area contributed by atoms with Crippen LogP contribution in [0.25, 0.3) is 0 Å². The first-order valence-corrected chi connectivity index (χ1v) is 9.93. The zero-order valence-electron chi connectivity index (χ0n) is 18.0. The molecule has 1 fully saturated rings. The summed E-state index contributed by atoms with van der Waals surface area (Å²) in [4.78, 5) is 41.4. The fraction of sp³-hybridized carbons (Fsp3) is 0.400. The Hall–Kier alpha value is -3.03. The molecular weight excluding hydrogens is 527 g/mol. The molecule has 11 nitrogen and oxygen atoms in total. The highest BCUT2D eigenvalue weighted by Crippen LogP contribution is 2.13. The number of aromatic nitrogens is 2. The van der Waals surface area contributed by atoms with Crippen molar-refractivity contribution in [3.63, 3.8) is 0 Å². The van der Waals surface area contributed by atoms with E-state index in [2.05, 4.69) is 30.1 Å². The van der Waals surface area contributed by atoms with Gasteiger partial charge in [-0.25, -0.2) is 15.0 Å². The lowest BCUT2D eigenvalue weighted by molar-refractivity contribution is -0.384. The number of anilines is 1. The van der Waals surface area contributed by atoms with Gasteiger partial charge >= 0.3 is 0 Å². The van der Waals surface area contributed by atoms with Crippen molar-refractivity contribution in [2.24, 2.45) is 4.99 Å². The second-order valence-electron chi connectivity index (χ2n) is 7.23. The number of nitro benzene ring substituents is 1. The smallest absolute Gasteiger partial charge is 0.269 e. The number of carbonyl (C=O) groups is 1. The lowest BCUT2D eigenvalue weighted by Crippen LogP contribution is -2.54. The Morgan fingerprint density at radius 2 is 1.78 bits per heavy atom. The van der Waals surface area contributed by atoms with Crippen LogP contribution in [-0.4, -0.2) is 83.4 Å². The molecule has 0 atom stereocenters. The van der Waals surface area contributed by atoms with Gasteiger partial charge in [-0.2, -0.15) is 0 Å². The van der Waals surface area contributed by atoms with Gasteiger partial charge in [-0.05, 0) is 11.6 Å². The van der Waals surface area contributed by atoms with Crippen LogP contribution in [-0.2, 0) is 11.3 Å². The van der Waals surface area contributed by atoms with Crippen molar-refractivity contribution in [1.29, 1.82) is 0 Å². The van der Waals surface area contributed by atoms with Crippen molar-refractivity contribution in [3.8, 4) is 0 Å². The molecule has 1 amide bonds. The van der Waals surface area contributed by atoms with E-state index in [1.807, 2.05) is 0 Å². The van der Waals surface area contributed by atoms with Crippen LogP contribution in [0, 0.1) is 10.1 Å². The number of hydrogen-bond donors (Lipinski definition) is 1. The molecule has 1 aromatic heterocycles. The molecule has 32 heavy (non-hydrogen) atoms. The van der Waals surface area contributed by atoms with E-state index < -0.39 is 4.92 Å². The minimum Gasteiger partial charge on any atom is -0.347 e. The fourth-order valence-corrected chi connectivity index (χ4v) is 3.04. The zero-order valence-corrected chi connectivity index (χ0v) is 20.4. The molecule has 3 rings (SSSR count). The Morgan fingerprint density at radius 3 is 2.34 bits per heavy atom. The van der Waals surface area contributed by atoms with Crippen molar-refractivity contribution >= 4 is 47.5 Å². The molecule has 1 N–H and O–H groups in total. The topological polar surface area (TPSA) is 120 Å². The molecule has 2 heterocycles. The minimum atomic E-state index is -0.428. The van der Waals surface area contributed by atoms with Crippen molar-refractivity contribution in [3.05, 3.63) is 58.4 Å². The third-order valence-electron chi connectivity index (χ3n) is 4.87. The van der Waals surface area contributed by atoms with E-state index in [0.29, 0.717) is 31.5 Å². The molecule has 0 bridgehead atoms. The van der Waals surface area contributed by atoms with Crippen LogP contribution in [0.1, 0.15) is 5.56 Å². The number of likely N-dealkylation sites (N-methyl/N-ethyl adjacent to an activating group) is 1. The molecule has 1 aromatic carbocycles. The standard InChI is InChI=1S/C20H26N8O3.HI/c1-25(2)18(29)15-24-20(23-14-16-4-6-17(7-5-16)28(30)31)27-12-10-26(11-13-27)19-21-8-3-9-22-19;/h3-9H,10-15H2,1-2H3,(H,23,24);1H. The van der Waals surface area contributed by atoms with Crippen molar-refractivity contribution < 1.29 is 9.72 Å². The number of halogens is 1. The maximum atomic E-state index is 12.0. The fourth-order valence-electron chi connectivity index (χ4n) is 3.04. The quantitative estimate of drug-likeness (QED) is 0.187. The maximum Gasteiger partial charge on any atom is 0.269 e. The number of benzene rings is 1. The normalized spacial score (nSPS) is 13.9. The summed E-state index contributed by atoms with van der Waals surface area (Å²) in [5, 5.41) is 14.0. The van der Waals surface area contributed by atoms with Gasteiger partial charge in [0, 0.05) is 64.8 Å². The lowest BCUT2D eigenvalue weighted by Gasteiger charge is -2.36. The monoisotopic (exact) mass is 554 g/mol. The van der Waals surface area contributed by atoms with E-state index in [0.717, 1.165) is 18.7 Å².